The van der Waals surface area contributed by atoms with E-state index in [2.05, 4.69) is 84.2 Å². The number of halogens is 2. The maximum Gasteiger partial charge on any atom is 0.0517 e. The molecule has 1 N–H and O–H groups in total. The smallest absolute Gasteiger partial charge is 0.0517 e. The van der Waals surface area contributed by atoms with Crippen molar-refractivity contribution in [3.63, 3.8) is 0 Å². The van der Waals surface area contributed by atoms with Gasteiger partial charge in [0, 0.05) is 25.9 Å². The van der Waals surface area contributed by atoms with Crippen LogP contribution in [0.4, 0.5) is 5.69 Å². The van der Waals surface area contributed by atoms with Crippen molar-refractivity contribution in [1.29, 1.82) is 0 Å². The Morgan fingerprint density at radius 3 is 2.18 bits per heavy atom. The van der Waals surface area contributed by atoms with E-state index in [9.17, 15) is 0 Å². The molecule has 34 heavy (non-hydrogen) atoms. The van der Waals surface area contributed by atoms with Gasteiger partial charge in [-0.05, 0) is 84.3 Å². The number of rotatable bonds is 2. The molecule has 2 heterocycles. The second-order valence-corrected chi connectivity index (χ2v) is 10.9. The van der Waals surface area contributed by atoms with Crippen molar-refractivity contribution in [2.24, 2.45) is 0 Å². The fraction of sp³-hybridized carbons (Fsp3) is 0.200. The van der Waals surface area contributed by atoms with E-state index in [-0.39, 0.29) is 0 Å². The molecule has 1 nitrogen and oxygen atoms in total. The minimum Gasteiger partial charge on any atom is -0.378 e. The SMILES string of the molecule is Clc1ccc(C2CCc3cc(Cl)ccc3S2)cc1.c1ccc(C2CCc3ccccc3N2)cc1. The van der Waals surface area contributed by atoms with E-state index in [1.165, 1.54) is 45.7 Å². The predicted molar refractivity (Wildman–Crippen MR) is 147 cm³/mol. The third-order valence-corrected chi connectivity index (χ3v) is 8.39. The van der Waals surface area contributed by atoms with E-state index in [0.717, 1.165) is 22.9 Å². The van der Waals surface area contributed by atoms with E-state index in [1.807, 2.05) is 30.0 Å². The molecule has 0 radical (unpaired) electrons. The summed E-state index contributed by atoms with van der Waals surface area (Å²) in [6.45, 7) is 0. The van der Waals surface area contributed by atoms with Crippen LogP contribution in [0.1, 0.15) is 46.4 Å². The Hall–Kier alpha value is -2.39. The summed E-state index contributed by atoms with van der Waals surface area (Å²) in [5.41, 5.74) is 6.84. The number of aryl methyl sites for hydroxylation is 2. The summed E-state index contributed by atoms with van der Waals surface area (Å²) in [5.74, 6) is 0. The summed E-state index contributed by atoms with van der Waals surface area (Å²) < 4.78 is 0. The first kappa shape index (κ1) is 23.4. The molecular weight excluding hydrogens is 477 g/mol. The zero-order valence-electron chi connectivity index (χ0n) is 18.9. The Bertz CT molecular complexity index is 1240. The largest absolute Gasteiger partial charge is 0.378 e. The van der Waals surface area contributed by atoms with Gasteiger partial charge in [0.1, 0.15) is 0 Å². The van der Waals surface area contributed by atoms with Crippen molar-refractivity contribution in [2.45, 2.75) is 41.9 Å². The maximum atomic E-state index is 6.02. The highest BCUT2D eigenvalue weighted by Gasteiger charge is 2.21. The highest BCUT2D eigenvalue weighted by molar-refractivity contribution is 7.99. The fourth-order valence-electron chi connectivity index (χ4n) is 4.64. The Kier molecular flexibility index (Phi) is 7.49. The minimum atomic E-state index is 0.469. The minimum absolute atomic E-state index is 0.469. The van der Waals surface area contributed by atoms with Gasteiger partial charge >= 0.3 is 0 Å². The zero-order valence-corrected chi connectivity index (χ0v) is 21.2. The molecule has 0 fully saturated rings. The average molecular weight is 505 g/mol. The molecule has 2 atom stereocenters. The predicted octanol–water partition coefficient (Wildman–Crippen LogP) is 9.56. The van der Waals surface area contributed by atoms with Gasteiger partial charge in [-0.15, -0.1) is 11.8 Å². The van der Waals surface area contributed by atoms with Crippen molar-refractivity contribution < 1.29 is 0 Å². The van der Waals surface area contributed by atoms with E-state index in [4.69, 9.17) is 23.2 Å². The third kappa shape index (κ3) is 5.63. The molecule has 172 valence electrons. The van der Waals surface area contributed by atoms with Crippen molar-refractivity contribution in [2.75, 3.05) is 5.32 Å². The number of benzene rings is 4. The average Bonchev–Trinajstić information content (AvgIpc) is 2.89. The normalized spacial score (nSPS) is 18.5. The number of anilines is 1. The molecule has 4 aromatic rings. The Balaban J connectivity index is 0.000000142. The lowest BCUT2D eigenvalue weighted by Crippen LogP contribution is -2.17. The highest BCUT2D eigenvalue weighted by Crippen LogP contribution is 2.45. The molecule has 2 unspecified atom stereocenters. The van der Waals surface area contributed by atoms with Gasteiger partial charge in [0.15, 0.2) is 0 Å². The second-order valence-electron chi connectivity index (χ2n) is 8.75. The lowest BCUT2D eigenvalue weighted by molar-refractivity contribution is 0.668. The van der Waals surface area contributed by atoms with Crippen LogP contribution in [0.25, 0.3) is 0 Å². The van der Waals surface area contributed by atoms with Gasteiger partial charge < -0.3 is 5.32 Å². The molecule has 0 bridgehead atoms. The van der Waals surface area contributed by atoms with Gasteiger partial charge in [-0.3, -0.25) is 0 Å². The van der Waals surface area contributed by atoms with Gasteiger partial charge in [-0.2, -0.15) is 0 Å². The molecular formula is C30H27Cl2NS. The fourth-order valence-corrected chi connectivity index (χ4v) is 6.26. The van der Waals surface area contributed by atoms with E-state index < -0.39 is 0 Å². The number of para-hydroxylation sites is 1. The Labute approximate surface area is 216 Å². The van der Waals surface area contributed by atoms with Gasteiger partial charge in [-0.1, -0.05) is 83.9 Å². The molecule has 0 spiro atoms. The molecule has 4 aromatic carbocycles. The number of fused-ring (bicyclic) bond motifs is 2. The monoisotopic (exact) mass is 503 g/mol. The summed E-state index contributed by atoms with van der Waals surface area (Å²) >= 11 is 13.9. The summed E-state index contributed by atoms with van der Waals surface area (Å²) in [7, 11) is 0. The zero-order chi connectivity index (χ0) is 23.3. The van der Waals surface area contributed by atoms with Crippen LogP contribution < -0.4 is 5.32 Å². The number of hydrogen-bond acceptors (Lipinski definition) is 2. The first-order valence-corrected chi connectivity index (χ1v) is 13.4. The summed E-state index contributed by atoms with van der Waals surface area (Å²) in [6.07, 6.45) is 4.60. The van der Waals surface area contributed by atoms with Crippen molar-refractivity contribution in [3.05, 3.63) is 129 Å². The molecule has 2 aliphatic rings. The summed E-state index contributed by atoms with van der Waals surface area (Å²) in [4.78, 5) is 1.35. The van der Waals surface area contributed by atoms with E-state index in [1.54, 1.807) is 0 Å². The van der Waals surface area contributed by atoms with Crippen LogP contribution in [0, 0.1) is 0 Å². The van der Waals surface area contributed by atoms with Crippen molar-refractivity contribution in [1.82, 2.24) is 0 Å². The number of thioether (sulfide) groups is 1. The van der Waals surface area contributed by atoms with Gasteiger partial charge in [0.25, 0.3) is 0 Å². The third-order valence-electron chi connectivity index (χ3n) is 6.46. The summed E-state index contributed by atoms with van der Waals surface area (Å²) in [5, 5.41) is 5.77. The number of nitrogens with one attached hydrogen (secondary N) is 1. The Morgan fingerprint density at radius 2 is 1.35 bits per heavy atom. The molecule has 2 aliphatic heterocycles. The summed E-state index contributed by atoms with van der Waals surface area (Å²) in [6, 6.07) is 34.1. The van der Waals surface area contributed by atoms with Crippen LogP contribution in [-0.4, -0.2) is 0 Å². The standard InChI is InChI=1S/C15H12Cl2S.C15H15N/c16-12-4-1-10(2-5-12)14-7-3-11-9-13(17)6-8-15(11)18-14;1-2-6-12(7-3-1)15-11-10-13-8-4-5-9-14(13)16-15/h1-2,4-6,8-9,14H,3,7H2;1-9,15-16H,10-11H2. The van der Waals surface area contributed by atoms with Crippen LogP contribution in [0.2, 0.25) is 10.0 Å². The van der Waals surface area contributed by atoms with Gasteiger partial charge in [0.2, 0.25) is 0 Å². The van der Waals surface area contributed by atoms with Crippen molar-refractivity contribution >= 4 is 40.7 Å². The van der Waals surface area contributed by atoms with E-state index in [0.29, 0.717) is 11.3 Å². The molecule has 0 aliphatic carbocycles. The maximum absolute atomic E-state index is 6.02. The molecule has 0 saturated heterocycles. The number of hydrogen-bond donors (Lipinski definition) is 1. The first-order chi connectivity index (χ1) is 16.7. The van der Waals surface area contributed by atoms with Crippen LogP contribution in [0.3, 0.4) is 0 Å². The molecule has 0 saturated carbocycles. The Morgan fingerprint density at radius 1 is 0.647 bits per heavy atom. The van der Waals surface area contributed by atoms with Gasteiger partial charge in [-0.25, -0.2) is 0 Å². The molecule has 4 heteroatoms. The van der Waals surface area contributed by atoms with Crippen LogP contribution in [0.15, 0.2) is 102 Å². The lowest BCUT2D eigenvalue weighted by Gasteiger charge is -2.27. The highest BCUT2D eigenvalue weighted by atomic mass is 35.5. The van der Waals surface area contributed by atoms with Gasteiger partial charge in [0.05, 0.1) is 6.04 Å². The van der Waals surface area contributed by atoms with Crippen LogP contribution >= 0.6 is 35.0 Å². The lowest BCUT2D eigenvalue weighted by atomic mass is 9.94. The quantitative estimate of drug-likeness (QED) is 0.292. The first-order valence-electron chi connectivity index (χ1n) is 11.8. The molecule has 0 aromatic heterocycles. The van der Waals surface area contributed by atoms with Crippen LogP contribution in [0.5, 0.6) is 0 Å². The van der Waals surface area contributed by atoms with Crippen molar-refractivity contribution in [3.8, 4) is 0 Å². The molecule has 0 amide bonds. The van der Waals surface area contributed by atoms with E-state index >= 15 is 0 Å². The second kappa shape index (κ2) is 10.9. The molecule has 6 rings (SSSR count). The topological polar surface area (TPSA) is 12.0 Å². The van der Waals surface area contributed by atoms with Crippen LogP contribution in [-0.2, 0) is 12.8 Å².